The molecule has 4 heteroatoms. The van der Waals surface area contributed by atoms with E-state index in [0.717, 1.165) is 32.1 Å². The number of hydrogen-bond donors (Lipinski definition) is 1. The van der Waals surface area contributed by atoms with Crippen molar-refractivity contribution in [3.05, 3.63) is 18.2 Å². The molecule has 1 heterocycles. The minimum atomic E-state index is 0.752. The maximum atomic E-state index is 5.75. The van der Waals surface area contributed by atoms with Gasteiger partial charge in [0.25, 0.3) is 0 Å². The Hall–Kier alpha value is -0.870. The summed E-state index contributed by atoms with van der Waals surface area (Å²) in [5.41, 5.74) is 5.75. The van der Waals surface area contributed by atoms with Crippen LogP contribution >= 0.6 is 0 Å². The van der Waals surface area contributed by atoms with Crippen molar-refractivity contribution in [1.29, 1.82) is 0 Å². The van der Waals surface area contributed by atoms with Gasteiger partial charge < -0.3 is 10.3 Å². The van der Waals surface area contributed by atoms with Gasteiger partial charge in [-0.25, -0.2) is 4.98 Å². The van der Waals surface area contributed by atoms with E-state index in [0.29, 0.717) is 0 Å². The summed E-state index contributed by atoms with van der Waals surface area (Å²) in [5.74, 6) is 1.17. The van der Waals surface area contributed by atoms with Gasteiger partial charge in [-0.2, -0.15) is 0 Å². The van der Waals surface area contributed by atoms with E-state index in [9.17, 15) is 0 Å². The van der Waals surface area contributed by atoms with Crippen molar-refractivity contribution >= 4 is 0 Å². The van der Waals surface area contributed by atoms with Gasteiger partial charge in [0.15, 0.2) is 0 Å². The number of imidazole rings is 1. The summed E-state index contributed by atoms with van der Waals surface area (Å²) >= 11 is 0. The number of aryl methyl sites for hydroxylation is 1. The lowest BCUT2D eigenvalue weighted by atomic mass is 9.94. The highest BCUT2D eigenvalue weighted by molar-refractivity contribution is 4.92. The van der Waals surface area contributed by atoms with E-state index in [-0.39, 0.29) is 0 Å². The molecule has 0 bridgehead atoms. The maximum absolute atomic E-state index is 5.75. The molecule has 18 heavy (non-hydrogen) atoms. The van der Waals surface area contributed by atoms with Crippen LogP contribution in [0, 0.1) is 0 Å². The molecule has 102 valence electrons. The smallest absolute Gasteiger partial charge is 0.109 e. The second kappa shape index (κ2) is 6.90. The molecule has 1 aliphatic carbocycles. The highest BCUT2D eigenvalue weighted by Crippen LogP contribution is 2.22. The Kier molecular flexibility index (Phi) is 5.20. The monoisotopic (exact) mass is 250 g/mol. The first kappa shape index (κ1) is 13.6. The first-order chi connectivity index (χ1) is 8.81. The molecule has 4 nitrogen and oxygen atoms in total. The summed E-state index contributed by atoms with van der Waals surface area (Å²) in [7, 11) is 2.07. The molecule has 0 atom stereocenters. The summed E-state index contributed by atoms with van der Waals surface area (Å²) in [6, 6.07) is 0.752. The van der Waals surface area contributed by atoms with Crippen molar-refractivity contribution < 1.29 is 0 Å². The Labute approximate surface area is 110 Å². The normalized spacial score (nSPS) is 17.5. The molecule has 0 spiro atoms. The minimum Gasteiger partial charge on any atom is -0.338 e. The predicted octanol–water partition coefficient (Wildman–Crippen LogP) is 1.56. The van der Waals surface area contributed by atoms with Crippen molar-refractivity contribution in [2.45, 2.75) is 44.6 Å². The highest BCUT2D eigenvalue weighted by atomic mass is 15.2. The van der Waals surface area contributed by atoms with Crippen LogP contribution < -0.4 is 5.73 Å². The maximum Gasteiger partial charge on any atom is 0.109 e. The van der Waals surface area contributed by atoms with E-state index in [1.807, 2.05) is 12.4 Å². The third-order valence-electron chi connectivity index (χ3n) is 4.05. The standard InChI is InChI=1S/C14H26N4/c1-17-12-9-16-14(17)7-10-18(11-8-15)13-5-3-2-4-6-13/h9,12-13H,2-8,10-11,15H2,1H3. The summed E-state index contributed by atoms with van der Waals surface area (Å²) in [5, 5.41) is 0. The molecule has 1 fully saturated rings. The van der Waals surface area contributed by atoms with Gasteiger partial charge in [-0.15, -0.1) is 0 Å². The molecule has 0 aromatic carbocycles. The Morgan fingerprint density at radius 1 is 1.33 bits per heavy atom. The molecule has 2 N–H and O–H groups in total. The summed E-state index contributed by atoms with van der Waals surface area (Å²) in [4.78, 5) is 6.98. The first-order valence-corrected chi connectivity index (χ1v) is 7.21. The average Bonchev–Trinajstić information content (AvgIpc) is 2.81. The molecular formula is C14H26N4. The molecule has 0 saturated heterocycles. The zero-order valence-corrected chi connectivity index (χ0v) is 11.5. The van der Waals surface area contributed by atoms with Crippen molar-refractivity contribution in [2.24, 2.45) is 12.8 Å². The van der Waals surface area contributed by atoms with Gasteiger partial charge in [0.1, 0.15) is 5.82 Å². The molecule has 1 aliphatic rings. The fourth-order valence-corrected chi connectivity index (χ4v) is 2.97. The van der Waals surface area contributed by atoms with E-state index in [4.69, 9.17) is 5.73 Å². The van der Waals surface area contributed by atoms with Crippen molar-refractivity contribution in [1.82, 2.24) is 14.5 Å². The number of hydrogen-bond acceptors (Lipinski definition) is 3. The second-order valence-corrected chi connectivity index (χ2v) is 5.32. The van der Waals surface area contributed by atoms with Crippen molar-refractivity contribution in [3.63, 3.8) is 0 Å². The fourth-order valence-electron chi connectivity index (χ4n) is 2.97. The SMILES string of the molecule is Cn1ccnc1CCN(CCN)C1CCCCC1. The van der Waals surface area contributed by atoms with Gasteiger partial charge in [0.2, 0.25) is 0 Å². The van der Waals surface area contributed by atoms with E-state index in [2.05, 4.69) is 21.5 Å². The molecule has 1 saturated carbocycles. The lowest BCUT2D eigenvalue weighted by Crippen LogP contribution is -2.41. The van der Waals surface area contributed by atoms with Gasteiger partial charge >= 0.3 is 0 Å². The molecular weight excluding hydrogens is 224 g/mol. The average molecular weight is 250 g/mol. The van der Waals surface area contributed by atoms with E-state index < -0.39 is 0 Å². The first-order valence-electron chi connectivity index (χ1n) is 7.21. The number of aromatic nitrogens is 2. The third-order valence-corrected chi connectivity index (χ3v) is 4.05. The molecule has 0 aliphatic heterocycles. The lowest BCUT2D eigenvalue weighted by molar-refractivity contribution is 0.161. The van der Waals surface area contributed by atoms with Crippen LogP contribution in [-0.2, 0) is 13.5 Å². The van der Waals surface area contributed by atoms with Gasteiger partial charge in [-0.1, -0.05) is 19.3 Å². The molecule has 0 amide bonds. The fraction of sp³-hybridized carbons (Fsp3) is 0.786. The van der Waals surface area contributed by atoms with Crippen LogP contribution in [0.5, 0.6) is 0 Å². The molecule has 0 radical (unpaired) electrons. The van der Waals surface area contributed by atoms with Gasteiger partial charge in [-0.05, 0) is 12.8 Å². The van der Waals surface area contributed by atoms with E-state index in [1.54, 1.807) is 0 Å². The minimum absolute atomic E-state index is 0.752. The van der Waals surface area contributed by atoms with Crippen LogP contribution in [0.2, 0.25) is 0 Å². The van der Waals surface area contributed by atoms with Crippen LogP contribution in [0.4, 0.5) is 0 Å². The number of nitrogens with zero attached hydrogens (tertiary/aromatic N) is 3. The van der Waals surface area contributed by atoms with Crippen LogP contribution in [-0.4, -0.2) is 40.1 Å². The van der Waals surface area contributed by atoms with Crippen molar-refractivity contribution in [2.75, 3.05) is 19.6 Å². The lowest BCUT2D eigenvalue weighted by Gasteiger charge is -2.34. The van der Waals surface area contributed by atoms with Crippen LogP contribution in [0.1, 0.15) is 37.9 Å². The molecule has 1 aromatic rings. The zero-order chi connectivity index (χ0) is 12.8. The number of nitrogens with two attached hydrogens (primary N) is 1. The number of rotatable bonds is 6. The molecule has 2 rings (SSSR count). The van der Waals surface area contributed by atoms with Gasteiger partial charge in [0, 0.05) is 51.5 Å². The molecule has 0 unspecified atom stereocenters. The second-order valence-electron chi connectivity index (χ2n) is 5.32. The van der Waals surface area contributed by atoms with E-state index >= 15 is 0 Å². The van der Waals surface area contributed by atoms with Crippen LogP contribution in [0.15, 0.2) is 12.4 Å². The zero-order valence-electron chi connectivity index (χ0n) is 11.5. The third kappa shape index (κ3) is 3.56. The summed E-state index contributed by atoms with van der Waals surface area (Å²) in [6.45, 7) is 2.87. The summed E-state index contributed by atoms with van der Waals surface area (Å²) < 4.78 is 2.11. The Balaban J connectivity index is 1.87. The Morgan fingerprint density at radius 2 is 2.11 bits per heavy atom. The topological polar surface area (TPSA) is 47.1 Å². The predicted molar refractivity (Wildman–Crippen MR) is 74.4 cm³/mol. The largest absolute Gasteiger partial charge is 0.338 e. The van der Waals surface area contributed by atoms with Crippen LogP contribution in [0.25, 0.3) is 0 Å². The van der Waals surface area contributed by atoms with Crippen molar-refractivity contribution in [3.8, 4) is 0 Å². The Bertz CT molecular complexity index is 341. The summed E-state index contributed by atoms with van der Waals surface area (Å²) in [6.07, 6.45) is 11.8. The quantitative estimate of drug-likeness (QED) is 0.833. The van der Waals surface area contributed by atoms with Crippen LogP contribution in [0.3, 0.4) is 0 Å². The van der Waals surface area contributed by atoms with Gasteiger partial charge in [0.05, 0.1) is 0 Å². The Morgan fingerprint density at radius 3 is 2.72 bits per heavy atom. The molecule has 1 aromatic heterocycles. The highest BCUT2D eigenvalue weighted by Gasteiger charge is 2.20. The van der Waals surface area contributed by atoms with E-state index in [1.165, 1.54) is 37.9 Å². The van der Waals surface area contributed by atoms with Gasteiger partial charge in [-0.3, -0.25) is 4.90 Å².